The SMILES string of the molecule is CCc1cc(Br)ccc1NC(=O)c1cc2c(s1)CCCC2. The number of amides is 1. The van der Waals surface area contributed by atoms with Gasteiger partial charge in [0.05, 0.1) is 4.88 Å². The molecule has 1 aromatic carbocycles. The molecule has 1 heterocycles. The molecule has 0 spiro atoms. The zero-order valence-electron chi connectivity index (χ0n) is 12.0. The van der Waals surface area contributed by atoms with Crippen LogP contribution < -0.4 is 5.32 Å². The second-order valence-corrected chi connectivity index (χ2v) is 7.43. The Morgan fingerprint density at radius 1 is 1.29 bits per heavy atom. The van der Waals surface area contributed by atoms with Crippen molar-refractivity contribution in [3.05, 3.63) is 49.6 Å². The van der Waals surface area contributed by atoms with Gasteiger partial charge in [0.2, 0.25) is 0 Å². The van der Waals surface area contributed by atoms with Crippen LogP contribution in [0.25, 0.3) is 0 Å². The summed E-state index contributed by atoms with van der Waals surface area (Å²) in [6.07, 6.45) is 5.65. The number of thiophene rings is 1. The van der Waals surface area contributed by atoms with E-state index in [2.05, 4.69) is 40.3 Å². The first-order chi connectivity index (χ1) is 10.2. The van der Waals surface area contributed by atoms with Gasteiger partial charge in [0.1, 0.15) is 0 Å². The lowest BCUT2D eigenvalue weighted by Crippen LogP contribution is -2.11. The number of benzene rings is 1. The van der Waals surface area contributed by atoms with Crippen molar-refractivity contribution in [2.45, 2.75) is 39.0 Å². The van der Waals surface area contributed by atoms with Gasteiger partial charge in [-0.15, -0.1) is 11.3 Å². The van der Waals surface area contributed by atoms with Crippen molar-refractivity contribution in [2.24, 2.45) is 0 Å². The van der Waals surface area contributed by atoms with Crippen molar-refractivity contribution >= 4 is 38.9 Å². The van der Waals surface area contributed by atoms with Crippen LogP contribution in [0, 0.1) is 0 Å². The van der Waals surface area contributed by atoms with Crippen LogP contribution in [-0.4, -0.2) is 5.91 Å². The lowest BCUT2D eigenvalue weighted by Gasteiger charge is -2.09. The van der Waals surface area contributed by atoms with Crippen molar-refractivity contribution in [1.29, 1.82) is 0 Å². The summed E-state index contributed by atoms with van der Waals surface area (Å²) in [6.45, 7) is 2.10. The van der Waals surface area contributed by atoms with Crippen LogP contribution in [0.15, 0.2) is 28.7 Å². The number of fused-ring (bicyclic) bond motifs is 1. The number of rotatable bonds is 3. The topological polar surface area (TPSA) is 29.1 Å². The average Bonchev–Trinajstić information content (AvgIpc) is 2.93. The van der Waals surface area contributed by atoms with E-state index in [0.29, 0.717) is 0 Å². The molecule has 1 amide bonds. The standard InChI is InChI=1S/C17H18BrNOS/c1-2-11-9-13(18)7-8-14(11)19-17(20)16-10-12-5-3-4-6-15(12)21-16/h7-10H,2-6H2,1H3,(H,19,20). The summed E-state index contributed by atoms with van der Waals surface area (Å²) >= 11 is 5.13. The van der Waals surface area contributed by atoms with Gasteiger partial charge < -0.3 is 5.32 Å². The van der Waals surface area contributed by atoms with E-state index >= 15 is 0 Å². The molecule has 1 N–H and O–H groups in total. The van der Waals surface area contributed by atoms with Gasteiger partial charge in [-0.05, 0) is 67.5 Å². The van der Waals surface area contributed by atoms with E-state index in [1.54, 1.807) is 11.3 Å². The molecule has 0 saturated carbocycles. The third-order valence-corrected chi connectivity index (χ3v) is 5.65. The number of halogens is 1. The second kappa shape index (κ2) is 6.32. The first kappa shape index (κ1) is 14.8. The lowest BCUT2D eigenvalue weighted by atomic mass is 9.99. The second-order valence-electron chi connectivity index (χ2n) is 5.38. The van der Waals surface area contributed by atoms with Gasteiger partial charge in [0.15, 0.2) is 0 Å². The molecule has 1 aliphatic rings. The first-order valence-corrected chi connectivity index (χ1v) is 8.99. The van der Waals surface area contributed by atoms with E-state index in [-0.39, 0.29) is 5.91 Å². The number of carbonyl (C=O) groups excluding carboxylic acids is 1. The minimum atomic E-state index is 0.0198. The molecule has 0 atom stereocenters. The molecule has 0 radical (unpaired) electrons. The Kier molecular flexibility index (Phi) is 4.45. The summed E-state index contributed by atoms with van der Waals surface area (Å²) in [4.78, 5) is 14.7. The predicted octanol–water partition coefficient (Wildman–Crippen LogP) is 5.20. The minimum absolute atomic E-state index is 0.0198. The van der Waals surface area contributed by atoms with E-state index in [0.717, 1.165) is 39.9 Å². The molecule has 110 valence electrons. The molecule has 0 unspecified atom stereocenters. The zero-order chi connectivity index (χ0) is 14.8. The fourth-order valence-electron chi connectivity index (χ4n) is 2.76. The van der Waals surface area contributed by atoms with E-state index in [4.69, 9.17) is 0 Å². The van der Waals surface area contributed by atoms with Crippen molar-refractivity contribution in [1.82, 2.24) is 0 Å². The van der Waals surface area contributed by atoms with E-state index in [9.17, 15) is 4.79 Å². The minimum Gasteiger partial charge on any atom is -0.321 e. The predicted molar refractivity (Wildman–Crippen MR) is 92.4 cm³/mol. The number of carbonyl (C=O) groups is 1. The van der Waals surface area contributed by atoms with Gasteiger partial charge in [-0.3, -0.25) is 4.79 Å². The first-order valence-electron chi connectivity index (χ1n) is 7.38. The number of hydrogen-bond acceptors (Lipinski definition) is 2. The highest BCUT2D eigenvalue weighted by molar-refractivity contribution is 9.10. The molecule has 0 aliphatic heterocycles. The van der Waals surface area contributed by atoms with Crippen LogP contribution in [0.5, 0.6) is 0 Å². The Hall–Kier alpha value is -1.13. The van der Waals surface area contributed by atoms with Gasteiger partial charge >= 0.3 is 0 Å². The van der Waals surface area contributed by atoms with Gasteiger partial charge in [-0.2, -0.15) is 0 Å². The molecule has 0 saturated heterocycles. The number of hydrogen-bond donors (Lipinski definition) is 1. The van der Waals surface area contributed by atoms with Crippen LogP contribution >= 0.6 is 27.3 Å². The largest absolute Gasteiger partial charge is 0.321 e. The summed E-state index contributed by atoms with van der Waals surface area (Å²) in [6, 6.07) is 8.08. The summed E-state index contributed by atoms with van der Waals surface area (Å²) < 4.78 is 1.05. The highest BCUT2D eigenvalue weighted by Crippen LogP contribution is 2.30. The monoisotopic (exact) mass is 363 g/mol. The zero-order valence-corrected chi connectivity index (χ0v) is 14.4. The van der Waals surface area contributed by atoms with E-state index in [1.165, 1.54) is 23.3 Å². The smallest absolute Gasteiger partial charge is 0.265 e. The van der Waals surface area contributed by atoms with Crippen LogP contribution in [0.3, 0.4) is 0 Å². The van der Waals surface area contributed by atoms with E-state index in [1.807, 2.05) is 12.1 Å². The highest BCUT2D eigenvalue weighted by Gasteiger charge is 2.17. The molecule has 1 aliphatic carbocycles. The molecule has 0 bridgehead atoms. The maximum Gasteiger partial charge on any atom is 0.265 e. The Bertz CT molecular complexity index is 654. The quantitative estimate of drug-likeness (QED) is 0.797. The maximum atomic E-state index is 12.5. The third-order valence-electron chi connectivity index (χ3n) is 3.92. The van der Waals surface area contributed by atoms with E-state index < -0.39 is 0 Å². The maximum absolute atomic E-state index is 12.5. The summed E-state index contributed by atoms with van der Waals surface area (Å²) in [5.74, 6) is 0.0198. The fraction of sp³-hybridized carbons (Fsp3) is 0.353. The highest BCUT2D eigenvalue weighted by atomic mass is 79.9. The normalized spacial score (nSPS) is 13.8. The van der Waals surface area contributed by atoms with Crippen LogP contribution in [0.2, 0.25) is 0 Å². The average molecular weight is 364 g/mol. The lowest BCUT2D eigenvalue weighted by molar-refractivity contribution is 0.103. The molecule has 1 aromatic heterocycles. The molecule has 0 fully saturated rings. The van der Waals surface area contributed by atoms with Crippen LogP contribution in [0.1, 0.15) is 45.4 Å². The molecule has 2 aromatic rings. The number of aryl methyl sites for hydroxylation is 3. The molecule has 21 heavy (non-hydrogen) atoms. The summed E-state index contributed by atoms with van der Waals surface area (Å²) in [5.41, 5.74) is 3.44. The van der Waals surface area contributed by atoms with Crippen molar-refractivity contribution in [2.75, 3.05) is 5.32 Å². The Balaban J connectivity index is 1.81. The van der Waals surface area contributed by atoms with Gasteiger partial charge in [0.25, 0.3) is 5.91 Å². The Morgan fingerprint density at radius 2 is 2.10 bits per heavy atom. The van der Waals surface area contributed by atoms with Gasteiger partial charge in [0, 0.05) is 15.0 Å². The van der Waals surface area contributed by atoms with Crippen molar-refractivity contribution in [3.8, 4) is 0 Å². The Morgan fingerprint density at radius 3 is 2.86 bits per heavy atom. The van der Waals surface area contributed by atoms with Crippen molar-refractivity contribution < 1.29 is 4.79 Å². The molecular weight excluding hydrogens is 346 g/mol. The molecule has 4 heteroatoms. The van der Waals surface area contributed by atoms with Gasteiger partial charge in [-0.25, -0.2) is 0 Å². The molecule has 2 nitrogen and oxygen atoms in total. The van der Waals surface area contributed by atoms with Crippen LogP contribution in [-0.2, 0) is 19.3 Å². The van der Waals surface area contributed by atoms with Crippen molar-refractivity contribution in [3.63, 3.8) is 0 Å². The number of nitrogens with one attached hydrogen (secondary N) is 1. The molecule has 3 rings (SSSR count). The number of anilines is 1. The molecular formula is C17H18BrNOS. The summed E-state index contributed by atoms with van der Waals surface area (Å²) in [5, 5.41) is 3.06. The Labute approximate surface area is 137 Å². The summed E-state index contributed by atoms with van der Waals surface area (Å²) in [7, 11) is 0. The third kappa shape index (κ3) is 3.22. The van der Waals surface area contributed by atoms with Crippen LogP contribution in [0.4, 0.5) is 5.69 Å². The van der Waals surface area contributed by atoms with Gasteiger partial charge in [-0.1, -0.05) is 22.9 Å². The fourth-order valence-corrected chi connectivity index (χ4v) is 4.32.